The number of rotatable bonds is 2. The molecule has 0 atom stereocenters. The molecule has 1 aromatic carbocycles. The van der Waals surface area contributed by atoms with Crippen LogP contribution in [-0.2, 0) is 9.53 Å². The summed E-state index contributed by atoms with van der Waals surface area (Å²) in [7, 11) is 0. The van der Waals surface area contributed by atoms with Gasteiger partial charge in [-0.15, -0.1) is 0 Å². The molecule has 1 fully saturated rings. The number of morpholine rings is 1. The van der Waals surface area contributed by atoms with Crippen LogP contribution >= 0.6 is 0 Å². The van der Waals surface area contributed by atoms with Crippen LogP contribution in [0.5, 0.6) is 0 Å². The molecular formula is C16H24N2O2. The lowest BCUT2D eigenvalue weighted by Crippen LogP contribution is -2.36. The third kappa shape index (κ3) is 3.51. The minimum atomic E-state index is -0.378. The summed E-state index contributed by atoms with van der Waals surface area (Å²) < 4.78 is 5.38. The molecule has 0 aliphatic carbocycles. The Bertz CT molecular complexity index is 486. The Morgan fingerprint density at radius 3 is 2.45 bits per heavy atom. The van der Waals surface area contributed by atoms with Crippen molar-refractivity contribution in [1.82, 2.24) is 0 Å². The number of carbonyl (C=O) groups is 1. The summed E-state index contributed by atoms with van der Waals surface area (Å²) in [5.74, 6) is 0.0380. The summed E-state index contributed by atoms with van der Waals surface area (Å²) in [5.41, 5.74) is 2.89. The van der Waals surface area contributed by atoms with Gasteiger partial charge in [0.15, 0.2) is 0 Å². The van der Waals surface area contributed by atoms with Crippen molar-refractivity contribution in [3.63, 3.8) is 0 Å². The molecule has 0 bridgehead atoms. The van der Waals surface area contributed by atoms with Crippen molar-refractivity contribution in [2.75, 3.05) is 36.5 Å². The molecular weight excluding hydrogens is 252 g/mol. The second kappa shape index (κ2) is 5.83. The molecule has 20 heavy (non-hydrogen) atoms. The molecule has 1 aromatic rings. The lowest BCUT2D eigenvalue weighted by atomic mass is 9.95. The van der Waals surface area contributed by atoms with Crippen LogP contribution < -0.4 is 10.2 Å². The van der Waals surface area contributed by atoms with Gasteiger partial charge in [-0.3, -0.25) is 4.79 Å². The van der Waals surface area contributed by atoms with Gasteiger partial charge < -0.3 is 15.0 Å². The molecule has 0 unspecified atom stereocenters. The third-order valence-corrected chi connectivity index (χ3v) is 3.49. The van der Waals surface area contributed by atoms with E-state index in [0.717, 1.165) is 32.0 Å². The lowest BCUT2D eigenvalue weighted by Gasteiger charge is -2.30. The highest BCUT2D eigenvalue weighted by molar-refractivity contribution is 5.94. The monoisotopic (exact) mass is 276 g/mol. The van der Waals surface area contributed by atoms with Gasteiger partial charge in [-0.2, -0.15) is 0 Å². The first-order valence-electron chi connectivity index (χ1n) is 7.13. The normalized spacial score (nSPS) is 16.1. The van der Waals surface area contributed by atoms with Gasteiger partial charge in [-0.05, 0) is 30.7 Å². The van der Waals surface area contributed by atoms with Crippen molar-refractivity contribution in [1.29, 1.82) is 0 Å². The van der Waals surface area contributed by atoms with E-state index < -0.39 is 0 Å². The van der Waals surface area contributed by atoms with Crippen molar-refractivity contribution in [3.05, 3.63) is 23.8 Å². The summed E-state index contributed by atoms with van der Waals surface area (Å²) in [5, 5.41) is 2.97. The molecule has 110 valence electrons. The van der Waals surface area contributed by atoms with Crippen LogP contribution in [0.15, 0.2) is 18.2 Å². The molecule has 1 heterocycles. The summed E-state index contributed by atoms with van der Waals surface area (Å²) in [6, 6.07) is 6.09. The fourth-order valence-electron chi connectivity index (χ4n) is 2.21. The number of anilines is 2. The van der Waals surface area contributed by atoms with Crippen LogP contribution in [0.2, 0.25) is 0 Å². The number of carbonyl (C=O) groups excluding carboxylic acids is 1. The van der Waals surface area contributed by atoms with Gasteiger partial charge in [0.05, 0.1) is 13.2 Å². The summed E-state index contributed by atoms with van der Waals surface area (Å²) in [6.45, 7) is 11.2. The highest BCUT2D eigenvalue weighted by Crippen LogP contribution is 2.25. The lowest BCUT2D eigenvalue weighted by molar-refractivity contribution is -0.123. The topological polar surface area (TPSA) is 41.6 Å². The highest BCUT2D eigenvalue weighted by Gasteiger charge is 2.21. The van der Waals surface area contributed by atoms with Gasteiger partial charge in [0.2, 0.25) is 5.91 Å². The van der Waals surface area contributed by atoms with E-state index in [4.69, 9.17) is 4.74 Å². The van der Waals surface area contributed by atoms with Gasteiger partial charge >= 0.3 is 0 Å². The number of benzene rings is 1. The maximum absolute atomic E-state index is 12.0. The predicted molar refractivity (Wildman–Crippen MR) is 82.3 cm³/mol. The van der Waals surface area contributed by atoms with E-state index in [-0.39, 0.29) is 11.3 Å². The second-order valence-electron chi connectivity index (χ2n) is 6.30. The predicted octanol–water partition coefficient (Wildman–Crippen LogP) is 2.82. The summed E-state index contributed by atoms with van der Waals surface area (Å²) in [4.78, 5) is 14.3. The van der Waals surface area contributed by atoms with E-state index in [9.17, 15) is 4.79 Å². The number of hydrogen-bond acceptors (Lipinski definition) is 3. The smallest absolute Gasteiger partial charge is 0.229 e. The third-order valence-electron chi connectivity index (χ3n) is 3.49. The largest absolute Gasteiger partial charge is 0.378 e. The molecule has 0 radical (unpaired) electrons. The minimum Gasteiger partial charge on any atom is -0.378 e. The first-order valence-corrected chi connectivity index (χ1v) is 7.13. The minimum absolute atomic E-state index is 0.0380. The maximum Gasteiger partial charge on any atom is 0.229 e. The standard InChI is InChI=1S/C16H24N2O2/c1-12-11-13(17-15(19)16(2,3)4)5-6-14(12)18-7-9-20-10-8-18/h5-6,11H,7-10H2,1-4H3,(H,17,19). The van der Waals surface area contributed by atoms with E-state index in [1.165, 1.54) is 11.3 Å². The first kappa shape index (κ1) is 14.9. The Kier molecular flexibility index (Phi) is 4.33. The number of aryl methyl sites for hydroxylation is 1. The maximum atomic E-state index is 12.0. The molecule has 1 aliphatic heterocycles. The molecule has 4 nitrogen and oxygen atoms in total. The Labute approximate surface area is 121 Å². The van der Waals surface area contributed by atoms with E-state index in [0.29, 0.717) is 0 Å². The average Bonchev–Trinajstić information content (AvgIpc) is 2.38. The van der Waals surface area contributed by atoms with E-state index in [1.807, 2.05) is 32.9 Å². The Morgan fingerprint density at radius 2 is 1.90 bits per heavy atom. The molecule has 2 rings (SSSR count). The second-order valence-corrected chi connectivity index (χ2v) is 6.30. The molecule has 1 N–H and O–H groups in total. The zero-order valence-corrected chi connectivity index (χ0v) is 12.8. The number of nitrogens with one attached hydrogen (secondary N) is 1. The van der Waals surface area contributed by atoms with Gasteiger partial charge in [0, 0.05) is 29.9 Å². The van der Waals surface area contributed by atoms with Gasteiger partial charge in [0.25, 0.3) is 0 Å². The average molecular weight is 276 g/mol. The highest BCUT2D eigenvalue weighted by atomic mass is 16.5. The first-order chi connectivity index (χ1) is 9.38. The van der Waals surface area contributed by atoms with E-state index in [2.05, 4.69) is 23.2 Å². The van der Waals surface area contributed by atoms with Gasteiger partial charge in [-0.25, -0.2) is 0 Å². The molecule has 4 heteroatoms. The van der Waals surface area contributed by atoms with Crippen LogP contribution in [0.3, 0.4) is 0 Å². The summed E-state index contributed by atoms with van der Waals surface area (Å²) in [6.07, 6.45) is 0. The van der Waals surface area contributed by atoms with Crippen molar-refractivity contribution >= 4 is 17.3 Å². The Hall–Kier alpha value is -1.55. The van der Waals surface area contributed by atoms with Crippen molar-refractivity contribution in [2.24, 2.45) is 5.41 Å². The SMILES string of the molecule is Cc1cc(NC(=O)C(C)(C)C)ccc1N1CCOCC1. The van der Waals surface area contributed by atoms with Gasteiger partial charge in [-0.1, -0.05) is 20.8 Å². The molecule has 1 amide bonds. The van der Waals surface area contributed by atoms with E-state index in [1.54, 1.807) is 0 Å². The molecule has 0 spiro atoms. The van der Waals surface area contributed by atoms with Crippen LogP contribution in [0, 0.1) is 12.3 Å². The molecule has 1 aliphatic rings. The van der Waals surface area contributed by atoms with Crippen LogP contribution in [0.1, 0.15) is 26.3 Å². The zero-order valence-electron chi connectivity index (χ0n) is 12.8. The van der Waals surface area contributed by atoms with Crippen LogP contribution in [0.25, 0.3) is 0 Å². The van der Waals surface area contributed by atoms with Crippen LogP contribution in [-0.4, -0.2) is 32.2 Å². The fourth-order valence-corrected chi connectivity index (χ4v) is 2.21. The Morgan fingerprint density at radius 1 is 1.25 bits per heavy atom. The molecule has 0 aromatic heterocycles. The van der Waals surface area contributed by atoms with E-state index >= 15 is 0 Å². The number of ether oxygens (including phenoxy) is 1. The number of nitrogens with zero attached hydrogens (tertiary/aromatic N) is 1. The summed E-state index contributed by atoms with van der Waals surface area (Å²) >= 11 is 0. The molecule has 0 saturated carbocycles. The fraction of sp³-hybridized carbons (Fsp3) is 0.562. The number of hydrogen-bond donors (Lipinski definition) is 1. The van der Waals surface area contributed by atoms with Crippen LogP contribution in [0.4, 0.5) is 11.4 Å². The number of amides is 1. The van der Waals surface area contributed by atoms with Gasteiger partial charge in [0.1, 0.15) is 0 Å². The van der Waals surface area contributed by atoms with Crippen molar-refractivity contribution in [2.45, 2.75) is 27.7 Å². The molecule has 1 saturated heterocycles. The Balaban J connectivity index is 2.11. The van der Waals surface area contributed by atoms with Crippen molar-refractivity contribution < 1.29 is 9.53 Å². The zero-order chi connectivity index (χ0) is 14.8. The quantitative estimate of drug-likeness (QED) is 0.903. The van der Waals surface area contributed by atoms with Crippen molar-refractivity contribution in [3.8, 4) is 0 Å².